The third-order valence-corrected chi connectivity index (χ3v) is 5.36. The van der Waals surface area contributed by atoms with Gasteiger partial charge in [-0.3, -0.25) is 45.6 Å². The number of carbonyl (C=O) groups is 2. The summed E-state index contributed by atoms with van der Waals surface area (Å²) in [6, 6.07) is 6.31. The van der Waals surface area contributed by atoms with E-state index in [2.05, 4.69) is 10.9 Å². The van der Waals surface area contributed by atoms with E-state index in [1.165, 1.54) is 11.2 Å². The lowest BCUT2D eigenvalue weighted by Crippen LogP contribution is -2.35. The summed E-state index contributed by atoms with van der Waals surface area (Å²) in [4.78, 5) is 46.5. The number of nitro groups is 2. The molecule has 2 heterocycles. The van der Waals surface area contributed by atoms with Gasteiger partial charge in [0.1, 0.15) is 15.8 Å². The van der Waals surface area contributed by atoms with Crippen molar-refractivity contribution in [3.05, 3.63) is 67.5 Å². The number of hydrogen-bond acceptors (Lipinski definition) is 10. The molecule has 14 heteroatoms. The molecule has 0 atom stereocenters. The van der Waals surface area contributed by atoms with Crippen LogP contribution in [0.15, 0.2) is 45.9 Å². The van der Waals surface area contributed by atoms with Crippen molar-refractivity contribution in [3.8, 4) is 0 Å². The highest BCUT2D eigenvalue weighted by Crippen LogP contribution is 2.32. The molecule has 2 N–H and O–H groups in total. The summed E-state index contributed by atoms with van der Waals surface area (Å²) < 4.78 is 5.46. The fourth-order valence-electron chi connectivity index (χ4n) is 2.50. The van der Waals surface area contributed by atoms with Gasteiger partial charge in [-0.2, -0.15) is 0 Å². The number of anilines is 1. The van der Waals surface area contributed by atoms with Crippen LogP contribution in [0.3, 0.4) is 0 Å². The van der Waals surface area contributed by atoms with Gasteiger partial charge in [-0.15, -0.1) is 0 Å². The number of rotatable bonds is 8. The van der Waals surface area contributed by atoms with Crippen molar-refractivity contribution >= 4 is 63.3 Å². The zero-order valence-corrected chi connectivity index (χ0v) is 17.1. The van der Waals surface area contributed by atoms with Gasteiger partial charge in [0.2, 0.25) is 5.91 Å². The summed E-state index contributed by atoms with van der Waals surface area (Å²) in [6.45, 7) is -0.00394. The Morgan fingerprint density at radius 2 is 2.03 bits per heavy atom. The first-order chi connectivity index (χ1) is 14.8. The molecule has 0 radical (unpaired) electrons. The first kappa shape index (κ1) is 21.9. The summed E-state index contributed by atoms with van der Waals surface area (Å²) in [5, 5.41) is 21.9. The van der Waals surface area contributed by atoms with Gasteiger partial charge in [0.05, 0.1) is 27.1 Å². The van der Waals surface area contributed by atoms with E-state index >= 15 is 0 Å². The maximum Gasteiger partial charge on any atom is 0.300 e. The zero-order chi connectivity index (χ0) is 22.5. The monoisotopic (exact) mass is 463 g/mol. The molecule has 2 aromatic rings. The minimum atomic E-state index is -0.813. The number of hydrogen-bond donors (Lipinski definition) is 2. The number of thiocarbonyl (C=S) groups is 1. The van der Waals surface area contributed by atoms with Crippen LogP contribution in [-0.2, 0) is 9.59 Å². The molecule has 0 bridgehead atoms. The normalized spacial score (nSPS) is 14.7. The predicted octanol–water partition coefficient (Wildman–Crippen LogP) is 2.83. The van der Waals surface area contributed by atoms with E-state index in [-0.39, 0.29) is 28.9 Å². The van der Waals surface area contributed by atoms with Gasteiger partial charge in [0.25, 0.3) is 11.6 Å². The van der Waals surface area contributed by atoms with Crippen LogP contribution in [0.5, 0.6) is 0 Å². The molecule has 0 aliphatic carbocycles. The van der Waals surface area contributed by atoms with Gasteiger partial charge in [0.15, 0.2) is 0 Å². The van der Waals surface area contributed by atoms with Gasteiger partial charge in [-0.1, -0.05) is 24.0 Å². The Labute approximate surface area is 183 Å². The van der Waals surface area contributed by atoms with Crippen molar-refractivity contribution in [2.75, 3.05) is 12.0 Å². The van der Waals surface area contributed by atoms with Gasteiger partial charge >= 0.3 is 5.69 Å². The average Bonchev–Trinajstić information content (AvgIpc) is 3.33. The number of hydrazine groups is 1. The Balaban J connectivity index is 1.57. The molecule has 1 aromatic heterocycles. The fourth-order valence-corrected chi connectivity index (χ4v) is 3.79. The standard InChI is InChI=1S/C17H13N5O7S2/c23-15(19-18-12-4-3-10(21(25)26)8-13(12)22(27)28)5-6-20-16(24)14(31-17(20)30)9-11-2-1-7-29-11/h1-4,7-9,18H,5-6H2,(H,19,23). The van der Waals surface area contributed by atoms with Crippen molar-refractivity contribution in [1.82, 2.24) is 10.3 Å². The number of thioether (sulfide) groups is 1. The van der Waals surface area contributed by atoms with Crippen molar-refractivity contribution in [1.29, 1.82) is 0 Å². The maximum absolute atomic E-state index is 12.5. The molecule has 1 aromatic carbocycles. The van der Waals surface area contributed by atoms with Crippen LogP contribution in [0.2, 0.25) is 0 Å². The maximum atomic E-state index is 12.5. The first-order valence-electron chi connectivity index (χ1n) is 8.53. The van der Waals surface area contributed by atoms with Crippen molar-refractivity contribution in [2.45, 2.75) is 6.42 Å². The minimum absolute atomic E-state index is 0.00394. The van der Waals surface area contributed by atoms with Crippen molar-refractivity contribution in [3.63, 3.8) is 0 Å². The number of amides is 2. The quantitative estimate of drug-likeness (QED) is 0.258. The molecule has 0 saturated carbocycles. The summed E-state index contributed by atoms with van der Waals surface area (Å²) in [7, 11) is 0. The third-order valence-electron chi connectivity index (χ3n) is 3.98. The van der Waals surface area contributed by atoms with Crippen LogP contribution in [0.1, 0.15) is 12.2 Å². The Hall–Kier alpha value is -3.78. The lowest BCUT2D eigenvalue weighted by atomic mass is 10.2. The second kappa shape index (κ2) is 9.36. The van der Waals surface area contributed by atoms with Crippen molar-refractivity contribution in [2.24, 2.45) is 0 Å². The largest absolute Gasteiger partial charge is 0.465 e. The van der Waals surface area contributed by atoms with Crippen LogP contribution in [0.4, 0.5) is 17.1 Å². The Morgan fingerprint density at radius 3 is 2.68 bits per heavy atom. The van der Waals surface area contributed by atoms with Gasteiger partial charge < -0.3 is 4.42 Å². The van der Waals surface area contributed by atoms with Crippen LogP contribution in [0, 0.1) is 20.2 Å². The molecular weight excluding hydrogens is 450 g/mol. The second-order valence-electron chi connectivity index (χ2n) is 5.99. The second-order valence-corrected chi connectivity index (χ2v) is 7.66. The zero-order valence-electron chi connectivity index (χ0n) is 15.5. The van der Waals surface area contributed by atoms with Crippen LogP contribution in [-0.4, -0.2) is 37.4 Å². The highest BCUT2D eigenvalue weighted by Gasteiger charge is 2.32. The molecular formula is C17H13N5O7S2. The molecule has 1 aliphatic heterocycles. The van der Waals surface area contributed by atoms with Gasteiger partial charge in [-0.25, -0.2) is 0 Å². The third kappa shape index (κ3) is 5.23. The number of nitrogens with one attached hydrogen (secondary N) is 2. The molecule has 1 fully saturated rings. The number of nitrogens with zero attached hydrogens (tertiary/aromatic N) is 3. The van der Waals surface area contributed by atoms with E-state index in [0.29, 0.717) is 10.7 Å². The van der Waals surface area contributed by atoms with E-state index in [9.17, 15) is 29.8 Å². The molecule has 0 spiro atoms. The number of nitro benzene ring substituents is 2. The lowest BCUT2D eigenvalue weighted by molar-refractivity contribution is -0.393. The Bertz CT molecular complexity index is 1100. The van der Waals surface area contributed by atoms with Crippen molar-refractivity contribution < 1.29 is 23.9 Å². The summed E-state index contributed by atoms with van der Waals surface area (Å²) in [6.07, 6.45) is 2.88. The minimum Gasteiger partial charge on any atom is -0.465 e. The average molecular weight is 463 g/mol. The fraction of sp³-hybridized carbons (Fsp3) is 0.118. The molecule has 2 amide bonds. The first-order valence-corrected chi connectivity index (χ1v) is 9.75. The number of carbonyl (C=O) groups excluding carboxylic acids is 2. The molecule has 31 heavy (non-hydrogen) atoms. The predicted molar refractivity (Wildman–Crippen MR) is 115 cm³/mol. The van der Waals surface area contributed by atoms with Crippen LogP contribution in [0.25, 0.3) is 6.08 Å². The molecule has 1 aliphatic rings. The smallest absolute Gasteiger partial charge is 0.300 e. The topological polar surface area (TPSA) is 161 Å². The van der Waals surface area contributed by atoms with E-state index in [1.807, 2.05) is 0 Å². The molecule has 0 unspecified atom stereocenters. The Morgan fingerprint density at radius 1 is 1.26 bits per heavy atom. The molecule has 160 valence electrons. The molecule has 1 saturated heterocycles. The summed E-state index contributed by atoms with van der Waals surface area (Å²) >= 11 is 6.26. The molecule has 3 rings (SSSR count). The van der Waals surface area contributed by atoms with Gasteiger partial charge in [-0.05, 0) is 18.2 Å². The van der Waals surface area contributed by atoms with E-state index in [1.54, 1.807) is 18.2 Å². The van der Waals surface area contributed by atoms with E-state index in [0.717, 1.165) is 30.0 Å². The van der Waals surface area contributed by atoms with E-state index in [4.69, 9.17) is 16.6 Å². The highest BCUT2D eigenvalue weighted by molar-refractivity contribution is 8.26. The number of benzene rings is 1. The summed E-state index contributed by atoms with van der Waals surface area (Å²) in [5.41, 5.74) is 3.47. The molecule has 12 nitrogen and oxygen atoms in total. The highest BCUT2D eigenvalue weighted by atomic mass is 32.2. The summed E-state index contributed by atoms with van der Waals surface area (Å²) in [5.74, 6) is -0.443. The Kier molecular flexibility index (Phi) is 6.61. The van der Waals surface area contributed by atoms with Crippen LogP contribution < -0.4 is 10.9 Å². The van der Waals surface area contributed by atoms with Crippen LogP contribution >= 0.6 is 24.0 Å². The van der Waals surface area contributed by atoms with E-state index < -0.39 is 27.1 Å². The lowest BCUT2D eigenvalue weighted by Gasteiger charge is -2.14. The SMILES string of the molecule is O=C(CCN1C(=O)C(=Cc2ccco2)SC1=S)NNc1ccc([N+](=O)[O-])cc1[N+](=O)[O-]. The number of non-ortho nitro benzene ring substituents is 1. The van der Waals surface area contributed by atoms with Gasteiger partial charge in [0, 0.05) is 25.1 Å². The number of furan rings is 1.